The zero-order valence-electron chi connectivity index (χ0n) is 9.56. The second-order valence-electron chi connectivity index (χ2n) is 4.04. The average molecular weight is 217 g/mol. The zero-order chi connectivity index (χ0) is 12.0. The predicted octanol–water partition coefficient (Wildman–Crippen LogP) is 3.38. The molecule has 0 radical (unpaired) electrons. The van der Waals surface area contributed by atoms with E-state index in [9.17, 15) is 10.1 Å². The van der Waals surface area contributed by atoms with Crippen molar-refractivity contribution in [1.82, 2.24) is 0 Å². The van der Waals surface area contributed by atoms with E-state index in [1.165, 1.54) is 12.1 Å². The fourth-order valence-electron chi connectivity index (χ4n) is 1.19. The Morgan fingerprint density at radius 3 is 2.44 bits per heavy atom. The van der Waals surface area contributed by atoms with Crippen LogP contribution in [0.3, 0.4) is 0 Å². The molecule has 0 spiro atoms. The number of rotatable bonds is 3. The van der Waals surface area contributed by atoms with E-state index in [4.69, 9.17) is 0 Å². The van der Waals surface area contributed by atoms with Gasteiger partial charge >= 0.3 is 0 Å². The van der Waals surface area contributed by atoms with E-state index >= 15 is 0 Å². The summed E-state index contributed by atoms with van der Waals surface area (Å²) in [5.41, 5.74) is 0.932. The van der Waals surface area contributed by atoms with Gasteiger partial charge in [-0.05, 0) is 24.5 Å². The molecule has 0 saturated heterocycles. The van der Waals surface area contributed by atoms with Gasteiger partial charge in [-0.3, -0.25) is 10.1 Å². The van der Waals surface area contributed by atoms with Crippen LogP contribution in [0.1, 0.15) is 32.3 Å². The molecule has 0 saturated carbocycles. The molecule has 0 aliphatic heterocycles. The summed E-state index contributed by atoms with van der Waals surface area (Å²) in [6.45, 7) is 4.32. The summed E-state index contributed by atoms with van der Waals surface area (Å²) >= 11 is 0. The Morgan fingerprint density at radius 1 is 1.31 bits per heavy atom. The molecule has 1 aromatic rings. The molecule has 84 valence electrons. The van der Waals surface area contributed by atoms with Gasteiger partial charge < -0.3 is 0 Å². The minimum absolute atomic E-state index is 0.104. The van der Waals surface area contributed by atoms with Gasteiger partial charge in [0, 0.05) is 24.1 Å². The summed E-state index contributed by atoms with van der Waals surface area (Å²) in [4.78, 5) is 10.0. The highest BCUT2D eigenvalue weighted by Gasteiger charge is 2.01. The van der Waals surface area contributed by atoms with Crippen molar-refractivity contribution in [3.05, 3.63) is 39.9 Å². The predicted molar refractivity (Wildman–Crippen MR) is 64.0 cm³/mol. The van der Waals surface area contributed by atoms with Crippen LogP contribution >= 0.6 is 0 Å². The number of hydrogen-bond acceptors (Lipinski definition) is 2. The Hall–Kier alpha value is -1.82. The molecule has 1 rings (SSSR count). The molecule has 0 heterocycles. The van der Waals surface area contributed by atoms with Crippen molar-refractivity contribution in [1.29, 1.82) is 0 Å². The first kappa shape index (κ1) is 12.3. The highest BCUT2D eigenvalue weighted by Crippen LogP contribution is 2.11. The molecule has 0 aliphatic carbocycles. The van der Waals surface area contributed by atoms with Gasteiger partial charge in [-0.1, -0.05) is 25.7 Å². The van der Waals surface area contributed by atoms with Crippen molar-refractivity contribution in [2.24, 2.45) is 5.92 Å². The van der Waals surface area contributed by atoms with Gasteiger partial charge in [0.05, 0.1) is 4.92 Å². The third-order valence-electron chi connectivity index (χ3n) is 2.16. The first-order valence-electron chi connectivity index (χ1n) is 5.33. The van der Waals surface area contributed by atoms with E-state index in [1.54, 1.807) is 12.1 Å². The standard InChI is InChI=1S/C13H15NO2/c1-11(2)5-3-4-6-12-7-9-13(10-8-12)14(15)16/h7-11H,3,5H2,1-2H3. The lowest BCUT2D eigenvalue weighted by atomic mass is 10.1. The zero-order valence-corrected chi connectivity index (χ0v) is 9.56. The van der Waals surface area contributed by atoms with Crippen LogP contribution in [0.2, 0.25) is 0 Å². The molecule has 0 aromatic heterocycles. The van der Waals surface area contributed by atoms with Gasteiger partial charge in [0.15, 0.2) is 0 Å². The van der Waals surface area contributed by atoms with E-state index in [1.807, 2.05) is 0 Å². The quantitative estimate of drug-likeness (QED) is 0.442. The molecule has 0 atom stereocenters. The largest absolute Gasteiger partial charge is 0.269 e. The lowest BCUT2D eigenvalue weighted by Gasteiger charge is -1.96. The van der Waals surface area contributed by atoms with E-state index < -0.39 is 4.92 Å². The maximum atomic E-state index is 10.4. The van der Waals surface area contributed by atoms with Crippen molar-refractivity contribution in [2.75, 3.05) is 0 Å². The van der Waals surface area contributed by atoms with Crippen LogP contribution in [0.4, 0.5) is 5.69 Å². The summed E-state index contributed by atoms with van der Waals surface area (Å²) in [5.74, 6) is 6.71. The molecule has 0 amide bonds. The summed E-state index contributed by atoms with van der Waals surface area (Å²) in [7, 11) is 0. The molecule has 0 unspecified atom stereocenters. The van der Waals surface area contributed by atoms with Crippen LogP contribution in [0.15, 0.2) is 24.3 Å². The molecule has 1 aromatic carbocycles. The SMILES string of the molecule is CC(C)CCC#Cc1ccc([N+](=O)[O-])cc1. The Balaban J connectivity index is 2.58. The number of hydrogen-bond donors (Lipinski definition) is 0. The smallest absolute Gasteiger partial charge is 0.258 e. The molecular formula is C13H15NO2. The summed E-state index contributed by atoms with van der Waals surface area (Å²) in [6, 6.07) is 6.32. The molecule has 0 aliphatic rings. The average Bonchev–Trinajstić information content (AvgIpc) is 2.25. The Labute approximate surface area is 95.6 Å². The molecule has 16 heavy (non-hydrogen) atoms. The van der Waals surface area contributed by atoms with E-state index in [2.05, 4.69) is 25.7 Å². The minimum Gasteiger partial charge on any atom is -0.258 e. The monoisotopic (exact) mass is 217 g/mol. The summed E-state index contributed by atoms with van der Waals surface area (Å²) in [6.07, 6.45) is 1.95. The fraction of sp³-hybridized carbons (Fsp3) is 0.385. The first-order valence-corrected chi connectivity index (χ1v) is 5.33. The molecule has 0 bridgehead atoms. The Kier molecular flexibility index (Phi) is 4.53. The van der Waals surface area contributed by atoms with Crippen LogP contribution in [-0.2, 0) is 0 Å². The van der Waals surface area contributed by atoms with Crippen molar-refractivity contribution in [3.63, 3.8) is 0 Å². The number of nitro groups is 1. The molecular weight excluding hydrogens is 202 g/mol. The first-order chi connectivity index (χ1) is 7.59. The van der Waals surface area contributed by atoms with E-state index in [0.717, 1.165) is 18.4 Å². The maximum absolute atomic E-state index is 10.4. The van der Waals surface area contributed by atoms with Crippen molar-refractivity contribution < 1.29 is 4.92 Å². The second kappa shape index (κ2) is 5.92. The summed E-state index contributed by atoms with van der Waals surface area (Å²) in [5, 5.41) is 10.4. The van der Waals surface area contributed by atoms with Gasteiger partial charge in [0.2, 0.25) is 0 Å². The third kappa shape index (κ3) is 4.14. The minimum atomic E-state index is -0.407. The Bertz CT molecular complexity index is 410. The second-order valence-corrected chi connectivity index (χ2v) is 4.04. The number of benzene rings is 1. The summed E-state index contributed by atoms with van der Waals surface area (Å²) < 4.78 is 0. The lowest BCUT2D eigenvalue weighted by Crippen LogP contribution is -1.87. The molecule has 0 fully saturated rings. The van der Waals surface area contributed by atoms with Crippen molar-refractivity contribution in [3.8, 4) is 11.8 Å². The fourth-order valence-corrected chi connectivity index (χ4v) is 1.19. The van der Waals surface area contributed by atoms with Crippen LogP contribution in [0.5, 0.6) is 0 Å². The third-order valence-corrected chi connectivity index (χ3v) is 2.16. The van der Waals surface area contributed by atoms with Gasteiger partial charge in [-0.15, -0.1) is 0 Å². The highest BCUT2D eigenvalue weighted by atomic mass is 16.6. The number of nitrogens with zero attached hydrogens (tertiary/aromatic N) is 1. The van der Waals surface area contributed by atoms with Crippen molar-refractivity contribution >= 4 is 5.69 Å². The lowest BCUT2D eigenvalue weighted by molar-refractivity contribution is -0.384. The van der Waals surface area contributed by atoms with Crippen LogP contribution < -0.4 is 0 Å². The van der Waals surface area contributed by atoms with E-state index in [-0.39, 0.29) is 5.69 Å². The van der Waals surface area contributed by atoms with Crippen LogP contribution in [-0.4, -0.2) is 4.92 Å². The van der Waals surface area contributed by atoms with Crippen LogP contribution in [0.25, 0.3) is 0 Å². The van der Waals surface area contributed by atoms with E-state index in [0.29, 0.717) is 5.92 Å². The topological polar surface area (TPSA) is 43.1 Å². The molecule has 0 N–H and O–H groups in total. The normalized spacial score (nSPS) is 9.69. The van der Waals surface area contributed by atoms with Gasteiger partial charge in [-0.2, -0.15) is 0 Å². The maximum Gasteiger partial charge on any atom is 0.269 e. The van der Waals surface area contributed by atoms with Gasteiger partial charge in [-0.25, -0.2) is 0 Å². The van der Waals surface area contributed by atoms with Gasteiger partial charge in [0.25, 0.3) is 5.69 Å². The van der Waals surface area contributed by atoms with Gasteiger partial charge in [0.1, 0.15) is 0 Å². The molecule has 3 heteroatoms. The Morgan fingerprint density at radius 2 is 1.94 bits per heavy atom. The number of nitro benzene ring substituents is 1. The number of non-ortho nitro benzene ring substituents is 1. The molecule has 3 nitrogen and oxygen atoms in total. The van der Waals surface area contributed by atoms with Crippen LogP contribution in [0, 0.1) is 27.9 Å². The van der Waals surface area contributed by atoms with Crippen molar-refractivity contribution in [2.45, 2.75) is 26.7 Å². The highest BCUT2D eigenvalue weighted by molar-refractivity contribution is 5.40.